The molecule has 0 aliphatic carbocycles. The van der Waals surface area contributed by atoms with Gasteiger partial charge in [0.05, 0.1) is 7.11 Å². The van der Waals surface area contributed by atoms with Gasteiger partial charge in [-0.1, -0.05) is 11.6 Å². The number of rotatable bonds is 7. The molecule has 0 radical (unpaired) electrons. The molecule has 0 saturated carbocycles. The van der Waals surface area contributed by atoms with Crippen LogP contribution in [0.3, 0.4) is 0 Å². The van der Waals surface area contributed by atoms with Crippen LogP contribution in [-0.4, -0.2) is 63.8 Å². The van der Waals surface area contributed by atoms with Crippen LogP contribution in [0.4, 0.5) is 0 Å². The Morgan fingerprint density at radius 3 is 2.32 bits per heavy atom. The molecule has 1 aromatic carbocycles. The largest absolute Gasteiger partial charge is 0.497 e. The van der Waals surface area contributed by atoms with Crippen molar-refractivity contribution >= 4 is 0 Å². The number of hydrogen-bond acceptors (Lipinski definition) is 4. The fourth-order valence-corrected chi connectivity index (χ4v) is 2.54. The van der Waals surface area contributed by atoms with Crippen molar-refractivity contribution in [3.8, 4) is 11.5 Å². The van der Waals surface area contributed by atoms with Crippen molar-refractivity contribution in [3.63, 3.8) is 0 Å². The summed E-state index contributed by atoms with van der Waals surface area (Å²) in [6.45, 7) is 5.07. The third-order valence-electron chi connectivity index (χ3n) is 3.98. The smallest absolute Gasteiger partial charge is 0.119 e. The van der Waals surface area contributed by atoms with Gasteiger partial charge < -0.3 is 14.4 Å². The maximum Gasteiger partial charge on any atom is 0.119 e. The molecular weight excluding hydrogens is 276 g/mol. The Morgan fingerprint density at radius 2 is 1.73 bits per heavy atom. The van der Waals surface area contributed by atoms with Crippen LogP contribution in [0.15, 0.2) is 35.9 Å². The Hall–Kier alpha value is -1.52. The zero-order chi connectivity index (χ0) is 15.8. The van der Waals surface area contributed by atoms with E-state index in [1.54, 1.807) is 12.7 Å². The van der Waals surface area contributed by atoms with Crippen molar-refractivity contribution in [2.45, 2.75) is 12.8 Å². The molecule has 0 bridgehead atoms. The lowest BCUT2D eigenvalue weighted by Gasteiger charge is -2.28. The highest BCUT2D eigenvalue weighted by Crippen LogP contribution is 2.18. The van der Waals surface area contributed by atoms with E-state index in [2.05, 4.69) is 30.0 Å². The second kappa shape index (κ2) is 8.81. The molecule has 1 aliphatic heterocycles. The normalized spacial score (nSPS) is 15.9. The third kappa shape index (κ3) is 5.70. The van der Waals surface area contributed by atoms with E-state index in [4.69, 9.17) is 9.47 Å². The zero-order valence-electron chi connectivity index (χ0n) is 14.0. The molecule has 1 fully saturated rings. The van der Waals surface area contributed by atoms with Gasteiger partial charge in [0.2, 0.25) is 0 Å². The van der Waals surface area contributed by atoms with E-state index < -0.39 is 0 Å². The Balaban J connectivity index is 1.65. The maximum absolute atomic E-state index is 5.80. The van der Waals surface area contributed by atoms with E-state index in [1.165, 1.54) is 12.8 Å². The average molecular weight is 304 g/mol. The minimum absolute atomic E-state index is 0.739. The Kier molecular flexibility index (Phi) is 6.74. The summed E-state index contributed by atoms with van der Waals surface area (Å²) in [6.07, 6.45) is 4.76. The summed E-state index contributed by atoms with van der Waals surface area (Å²) in [5, 5.41) is 0. The molecule has 0 atom stereocenters. The number of nitrogens with zero attached hydrogens (tertiary/aromatic N) is 2. The van der Waals surface area contributed by atoms with Gasteiger partial charge in [-0.05, 0) is 51.2 Å². The number of benzene rings is 1. The molecule has 0 N–H and O–H groups in total. The molecule has 2 rings (SSSR count). The van der Waals surface area contributed by atoms with Crippen molar-refractivity contribution in [2.75, 3.05) is 54.0 Å². The zero-order valence-corrected chi connectivity index (χ0v) is 14.0. The van der Waals surface area contributed by atoms with Crippen molar-refractivity contribution < 1.29 is 9.47 Å². The number of methoxy groups -OCH3 is 1. The van der Waals surface area contributed by atoms with Crippen LogP contribution in [-0.2, 0) is 0 Å². The van der Waals surface area contributed by atoms with Gasteiger partial charge in [-0.2, -0.15) is 0 Å². The molecular formula is C18H28N2O2. The van der Waals surface area contributed by atoms with E-state index >= 15 is 0 Å². The fourth-order valence-electron chi connectivity index (χ4n) is 2.54. The highest BCUT2D eigenvalue weighted by molar-refractivity contribution is 5.31. The van der Waals surface area contributed by atoms with Crippen LogP contribution < -0.4 is 9.47 Å². The molecule has 0 aromatic heterocycles. The molecule has 1 saturated heterocycles. The first-order valence-corrected chi connectivity index (χ1v) is 7.99. The first-order chi connectivity index (χ1) is 10.7. The van der Waals surface area contributed by atoms with Gasteiger partial charge in [-0.3, -0.25) is 4.90 Å². The summed E-state index contributed by atoms with van der Waals surface area (Å²) in [6, 6.07) is 7.77. The Morgan fingerprint density at radius 1 is 1.09 bits per heavy atom. The van der Waals surface area contributed by atoms with Crippen LogP contribution in [0.2, 0.25) is 0 Å². The average Bonchev–Trinajstić information content (AvgIpc) is 2.55. The first-order valence-electron chi connectivity index (χ1n) is 7.99. The Bertz CT molecular complexity index is 458. The quantitative estimate of drug-likeness (QED) is 0.723. The minimum Gasteiger partial charge on any atom is -0.497 e. The number of likely N-dealkylation sites (tertiary alicyclic amines) is 1. The SMILES string of the molecule is COc1ccc(OCCN2CCC(=CCN(C)C)CC2)cc1. The monoisotopic (exact) mass is 304 g/mol. The number of ether oxygens (including phenoxy) is 2. The maximum atomic E-state index is 5.80. The third-order valence-corrected chi connectivity index (χ3v) is 3.98. The van der Waals surface area contributed by atoms with Crippen molar-refractivity contribution in [2.24, 2.45) is 0 Å². The number of piperidine rings is 1. The lowest BCUT2D eigenvalue weighted by molar-refractivity contribution is 0.199. The van der Waals surface area contributed by atoms with Crippen LogP contribution >= 0.6 is 0 Å². The van der Waals surface area contributed by atoms with Gasteiger partial charge in [0.25, 0.3) is 0 Å². The van der Waals surface area contributed by atoms with E-state index in [-0.39, 0.29) is 0 Å². The topological polar surface area (TPSA) is 24.9 Å². The second-order valence-corrected chi connectivity index (χ2v) is 5.99. The van der Waals surface area contributed by atoms with Crippen molar-refractivity contribution in [1.29, 1.82) is 0 Å². The highest BCUT2D eigenvalue weighted by atomic mass is 16.5. The van der Waals surface area contributed by atoms with Crippen LogP contribution in [0.25, 0.3) is 0 Å². The van der Waals surface area contributed by atoms with Gasteiger partial charge in [-0.25, -0.2) is 0 Å². The van der Waals surface area contributed by atoms with E-state index in [9.17, 15) is 0 Å². The molecule has 0 amide bonds. The molecule has 1 heterocycles. The van der Waals surface area contributed by atoms with E-state index in [0.717, 1.165) is 44.3 Å². The van der Waals surface area contributed by atoms with Crippen LogP contribution in [0.5, 0.6) is 11.5 Å². The minimum atomic E-state index is 0.739. The van der Waals surface area contributed by atoms with Crippen molar-refractivity contribution in [1.82, 2.24) is 9.80 Å². The van der Waals surface area contributed by atoms with Gasteiger partial charge in [0.1, 0.15) is 18.1 Å². The van der Waals surface area contributed by atoms with Gasteiger partial charge in [-0.15, -0.1) is 0 Å². The van der Waals surface area contributed by atoms with Crippen LogP contribution in [0, 0.1) is 0 Å². The standard InChI is InChI=1S/C18H28N2O2/c1-19(2)11-8-16-9-12-20(13-10-16)14-15-22-18-6-4-17(21-3)5-7-18/h4-8H,9-15H2,1-3H3. The summed E-state index contributed by atoms with van der Waals surface area (Å²) in [4.78, 5) is 4.69. The van der Waals surface area contributed by atoms with Gasteiger partial charge >= 0.3 is 0 Å². The number of hydrogen-bond donors (Lipinski definition) is 0. The molecule has 0 unspecified atom stereocenters. The lowest BCUT2D eigenvalue weighted by Crippen LogP contribution is -2.34. The summed E-state index contributed by atoms with van der Waals surface area (Å²) >= 11 is 0. The lowest BCUT2D eigenvalue weighted by atomic mass is 10.0. The number of likely N-dealkylation sites (N-methyl/N-ethyl adjacent to an activating group) is 1. The van der Waals surface area contributed by atoms with E-state index in [1.807, 2.05) is 24.3 Å². The first kappa shape index (κ1) is 16.8. The molecule has 22 heavy (non-hydrogen) atoms. The summed E-state index contributed by atoms with van der Waals surface area (Å²) in [7, 11) is 5.90. The second-order valence-electron chi connectivity index (χ2n) is 5.99. The molecule has 1 aromatic rings. The van der Waals surface area contributed by atoms with Gasteiger partial charge in [0.15, 0.2) is 0 Å². The Labute approximate surface area is 134 Å². The molecule has 0 spiro atoms. The predicted molar refractivity (Wildman–Crippen MR) is 90.8 cm³/mol. The molecule has 1 aliphatic rings. The molecule has 4 nitrogen and oxygen atoms in total. The fraction of sp³-hybridized carbons (Fsp3) is 0.556. The van der Waals surface area contributed by atoms with Crippen LogP contribution in [0.1, 0.15) is 12.8 Å². The molecule has 122 valence electrons. The summed E-state index contributed by atoms with van der Waals surface area (Å²) in [5.41, 5.74) is 1.60. The molecule has 4 heteroatoms. The summed E-state index contributed by atoms with van der Waals surface area (Å²) in [5.74, 6) is 1.77. The van der Waals surface area contributed by atoms with E-state index in [0.29, 0.717) is 0 Å². The summed E-state index contributed by atoms with van der Waals surface area (Å²) < 4.78 is 10.9. The van der Waals surface area contributed by atoms with Gasteiger partial charge in [0, 0.05) is 26.2 Å². The predicted octanol–water partition coefficient (Wildman–Crippen LogP) is 2.66. The highest BCUT2D eigenvalue weighted by Gasteiger charge is 2.13. The van der Waals surface area contributed by atoms with Crippen molar-refractivity contribution in [3.05, 3.63) is 35.9 Å².